The summed E-state index contributed by atoms with van der Waals surface area (Å²) in [4.78, 5) is 24.4. The average Bonchev–Trinajstić information content (AvgIpc) is 2.45. The van der Waals surface area contributed by atoms with Gasteiger partial charge in [-0.25, -0.2) is 4.79 Å². The highest BCUT2D eigenvalue weighted by molar-refractivity contribution is 5.74. The largest absolute Gasteiger partial charge is 0.481 e. The molecule has 1 aliphatic heterocycles. The molecule has 0 bridgehead atoms. The van der Waals surface area contributed by atoms with E-state index in [1.54, 1.807) is 11.8 Å². The molecule has 0 aliphatic carbocycles. The zero-order chi connectivity index (χ0) is 15.0. The maximum absolute atomic E-state index is 12.0. The summed E-state index contributed by atoms with van der Waals surface area (Å²) in [5.74, 6) is -1.26. The summed E-state index contributed by atoms with van der Waals surface area (Å²) in [6.07, 6.45) is 3.51. The van der Waals surface area contributed by atoms with Gasteiger partial charge in [-0.15, -0.1) is 0 Å². The van der Waals surface area contributed by atoms with Crippen molar-refractivity contribution in [3.05, 3.63) is 0 Å². The lowest BCUT2D eigenvalue weighted by molar-refractivity contribution is -0.141. The van der Waals surface area contributed by atoms with E-state index in [2.05, 4.69) is 12.2 Å². The summed E-state index contributed by atoms with van der Waals surface area (Å²) in [6.45, 7) is 6.20. The van der Waals surface area contributed by atoms with E-state index < -0.39 is 11.9 Å². The molecular weight excluding hydrogens is 260 g/mol. The van der Waals surface area contributed by atoms with Crippen molar-refractivity contribution in [3.63, 3.8) is 0 Å². The minimum atomic E-state index is -0.828. The van der Waals surface area contributed by atoms with Gasteiger partial charge in [0.2, 0.25) is 0 Å². The van der Waals surface area contributed by atoms with Crippen LogP contribution < -0.4 is 5.32 Å². The second kappa shape index (κ2) is 8.79. The van der Waals surface area contributed by atoms with Crippen molar-refractivity contribution in [3.8, 4) is 0 Å². The van der Waals surface area contributed by atoms with Gasteiger partial charge in [-0.2, -0.15) is 0 Å². The van der Waals surface area contributed by atoms with Gasteiger partial charge < -0.3 is 20.1 Å². The number of aliphatic carboxylic acids is 1. The molecule has 1 heterocycles. The number of hydrogen-bond donors (Lipinski definition) is 2. The number of carboxylic acid groups (broad SMARTS) is 1. The Bertz CT molecular complexity index is 322. The van der Waals surface area contributed by atoms with Gasteiger partial charge in [0.25, 0.3) is 0 Å². The van der Waals surface area contributed by atoms with Crippen molar-refractivity contribution in [1.82, 2.24) is 10.2 Å². The molecule has 2 atom stereocenters. The third-order valence-electron chi connectivity index (χ3n) is 3.50. The SMILES string of the molecule is CCCOC1CCCN(C(=O)NCCC(C)C(=O)O)C1. The molecule has 6 nitrogen and oxygen atoms in total. The smallest absolute Gasteiger partial charge is 0.317 e. The van der Waals surface area contributed by atoms with E-state index in [0.717, 1.165) is 32.4 Å². The highest BCUT2D eigenvalue weighted by Crippen LogP contribution is 2.13. The molecule has 0 aromatic rings. The number of rotatable bonds is 7. The Kier molecular flexibility index (Phi) is 7.36. The quantitative estimate of drug-likeness (QED) is 0.746. The molecule has 2 unspecified atom stereocenters. The zero-order valence-corrected chi connectivity index (χ0v) is 12.4. The summed E-state index contributed by atoms with van der Waals surface area (Å²) in [5, 5.41) is 11.6. The van der Waals surface area contributed by atoms with Crippen LogP contribution in [0.3, 0.4) is 0 Å². The van der Waals surface area contributed by atoms with Gasteiger partial charge in [0.1, 0.15) is 0 Å². The Morgan fingerprint density at radius 1 is 1.50 bits per heavy atom. The lowest BCUT2D eigenvalue weighted by Gasteiger charge is -2.32. The van der Waals surface area contributed by atoms with E-state index in [9.17, 15) is 9.59 Å². The lowest BCUT2D eigenvalue weighted by atomic mass is 10.1. The number of urea groups is 1. The summed E-state index contributed by atoms with van der Waals surface area (Å²) < 4.78 is 5.69. The molecule has 116 valence electrons. The van der Waals surface area contributed by atoms with Crippen LogP contribution in [-0.4, -0.2) is 54.4 Å². The molecule has 2 amide bonds. The number of amides is 2. The fourth-order valence-corrected chi connectivity index (χ4v) is 2.17. The minimum absolute atomic E-state index is 0.118. The molecule has 20 heavy (non-hydrogen) atoms. The summed E-state index contributed by atoms with van der Waals surface area (Å²) in [7, 11) is 0. The number of carbonyl (C=O) groups is 2. The lowest BCUT2D eigenvalue weighted by Crippen LogP contribution is -2.48. The van der Waals surface area contributed by atoms with Gasteiger partial charge in [0, 0.05) is 26.2 Å². The van der Waals surface area contributed by atoms with E-state index in [-0.39, 0.29) is 12.1 Å². The first-order chi connectivity index (χ1) is 9.54. The number of nitrogens with zero attached hydrogens (tertiary/aromatic N) is 1. The molecule has 6 heteroatoms. The Labute approximate surface area is 120 Å². The topological polar surface area (TPSA) is 78.9 Å². The number of likely N-dealkylation sites (tertiary alicyclic amines) is 1. The van der Waals surface area contributed by atoms with E-state index in [1.807, 2.05) is 0 Å². The molecule has 0 radical (unpaired) electrons. The summed E-state index contributed by atoms with van der Waals surface area (Å²) >= 11 is 0. The monoisotopic (exact) mass is 286 g/mol. The number of carboxylic acids is 1. The molecular formula is C14H26N2O4. The first kappa shape index (κ1) is 16.8. The fraction of sp³-hybridized carbons (Fsp3) is 0.857. The second-order valence-electron chi connectivity index (χ2n) is 5.34. The predicted molar refractivity (Wildman–Crippen MR) is 75.7 cm³/mol. The zero-order valence-electron chi connectivity index (χ0n) is 12.4. The molecule has 1 aliphatic rings. The van der Waals surface area contributed by atoms with E-state index in [4.69, 9.17) is 9.84 Å². The Morgan fingerprint density at radius 2 is 2.25 bits per heavy atom. The van der Waals surface area contributed by atoms with Gasteiger partial charge in [-0.3, -0.25) is 4.79 Å². The molecule has 0 aromatic carbocycles. The number of nitrogens with one attached hydrogen (secondary N) is 1. The average molecular weight is 286 g/mol. The van der Waals surface area contributed by atoms with Gasteiger partial charge in [-0.05, 0) is 25.7 Å². The maximum Gasteiger partial charge on any atom is 0.317 e. The second-order valence-corrected chi connectivity index (χ2v) is 5.34. The van der Waals surface area contributed by atoms with Gasteiger partial charge in [-0.1, -0.05) is 13.8 Å². The van der Waals surface area contributed by atoms with Crippen LogP contribution in [0.5, 0.6) is 0 Å². The number of piperidine rings is 1. The highest BCUT2D eigenvalue weighted by atomic mass is 16.5. The molecule has 0 spiro atoms. The third kappa shape index (κ3) is 5.77. The number of carbonyl (C=O) groups excluding carboxylic acids is 1. The highest BCUT2D eigenvalue weighted by Gasteiger charge is 2.23. The summed E-state index contributed by atoms with van der Waals surface area (Å²) in [6, 6.07) is -0.118. The van der Waals surface area contributed by atoms with Crippen molar-refractivity contribution >= 4 is 12.0 Å². The van der Waals surface area contributed by atoms with Crippen molar-refractivity contribution in [2.75, 3.05) is 26.2 Å². The molecule has 2 N–H and O–H groups in total. The van der Waals surface area contributed by atoms with Crippen LogP contribution in [-0.2, 0) is 9.53 Å². The summed E-state index contributed by atoms with van der Waals surface area (Å²) in [5.41, 5.74) is 0. The Morgan fingerprint density at radius 3 is 2.90 bits per heavy atom. The molecule has 0 saturated carbocycles. The van der Waals surface area contributed by atoms with Crippen LogP contribution >= 0.6 is 0 Å². The van der Waals surface area contributed by atoms with Crippen molar-refractivity contribution in [2.24, 2.45) is 5.92 Å². The maximum atomic E-state index is 12.0. The third-order valence-corrected chi connectivity index (χ3v) is 3.50. The van der Waals surface area contributed by atoms with E-state index in [0.29, 0.717) is 19.5 Å². The molecule has 1 rings (SSSR count). The normalized spacial score (nSPS) is 20.5. The van der Waals surface area contributed by atoms with Crippen LogP contribution in [0.4, 0.5) is 4.79 Å². The molecule has 1 fully saturated rings. The van der Waals surface area contributed by atoms with Crippen LogP contribution in [0.25, 0.3) is 0 Å². The minimum Gasteiger partial charge on any atom is -0.481 e. The Balaban J connectivity index is 2.26. The van der Waals surface area contributed by atoms with E-state index in [1.165, 1.54) is 0 Å². The molecule has 0 aromatic heterocycles. The van der Waals surface area contributed by atoms with Crippen molar-refractivity contribution < 1.29 is 19.4 Å². The standard InChI is InChI=1S/C14H26N2O4/c1-3-9-20-12-5-4-8-16(10-12)14(19)15-7-6-11(2)13(17)18/h11-12H,3-10H2,1-2H3,(H,15,19)(H,17,18). The predicted octanol–water partition coefficient (Wildman–Crippen LogP) is 1.70. The fourth-order valence-electron chi connectivity index (χ4n) is 2.17. The van der Waals surface area contributed by atoms with Crippen LogP contribution in [0.1, 0.15) is 39.5 Å². The van der Waals surface area contributed by atoms with Crippen LogP contribution in [0.15, 0.2) is 0 Å². The molecule has 1 saturated heterocycles. The van der Waals surface area contributed by atoms with Crippen molar-refractivity contribution in [2.45, 2.75) is 45.6 Å². The first-order valence-electron chi connectivity index (χ1n) is 7.41. The van der Waals surface area contributed by atoms with Crippen molar-refractivity contribution in [1.29, 1.82) is 0 Å². The van der Waals surface area contributed by atoms with Crippen LogP contribution in [0.2, 0.25) is 0 Å². The first-order valence-corrected chi connectivity index (χ1v) is 7.41. The van der Waals surface area contributed by atoms with Crippen LogP contribution in [0, 0.1) is 5.92 Å². The number of hydrogen-bond acceptors (Lipinski definition) is 3. The number of ether oxygens (including phenoxy) is 1. The Hall–Kier alpha value is -1.30. The van der Waals surface area contributed by atoms with E-state index >= 15 is 0 Å². The van der Waals surface area contributed by atoms with Gasteiger partial charge in [0.05, 0.1) is 12.0 Å². The van der Waals surface area contributed by atoms with Gasteiger partial charge >= 0.3 is 12.0 Å². The van der Waals surface area contributed by atoms with Gasteiger partial charge in [0.15, 0.2) is 0 Å².